The highest BCUT2D eigenvalue weighted by molar-refractivity contribution is 4.99. The normalized spacial score (nSPS) is 12.3. The van der Waals surface area contributed by atoms with E-state index in [1.807, 2.05) is 12.5 Å². The van der Waals surface area contributed by atoms with Crippen molar-refractivity contribution in [2.24, 2.45) is 0 Å². The number of rotatable bonds is 7. The third-order valence-corrected chi connectivity index (χ3v) is 2.69. The van der Waals surface area contributed by atoms with Crippen LogP contribution in [0.5, 0.6) is 0 Å². The Morgan fingerprint density at radius 3 is 3.00 bits per heavy atom. The van der Waals surface area contributed by atoms with E-state index in [9.17, 15) is 0 Å². The summed E-state index contributed by atoms with van der Waals surface area (Å²) < 4.78 is 2.19. The second-order valence-electron chi connectivity index (χ2n) is 3.97. The third-order valence-electron chi connectivity index (χ3n) is 2.69. The number of nitrogens with zero attached hydrogens (tertiary/aromatic N) is 2. The topological polar surface area (TPSA) is 29.9 Å². The van der Waals surface area contributed by atoms with Crippen LogP contribution in [0.1, 0.15) is 38.8 Å². The molecule has 1 aromatic heterocycles. The molecule has 0 amide bonds. The van der Waals surface area contributed by atoms with Gasteiger partial charge in [0.1, 0.15) is 0 Å². The van der Waals surface area contributed by atoms with E-state index in [1.165, 1.54) is 5.69 Å². The van der Waals surface area contributed by atoms with Gasteiger partial charge in [-0.25, -0.2) is 4.98 Å². The Morgan fingerprint density at radius 2 is 2.38 bits per heavy atom. The zero-order valence-electron chi connectivity index (χ0n) is 10.2. The minimum atomic E-state index is 0.412. The molecule has 0 saturated carbocycles. The fraction of sp³-hybridized carbons (Fsp3) is 0.615. The molecular weight excluding hydrogens is 198 g/mol. The van der Waals surface area contributed by atoms with Gasteiger partial charge in [0.25, 0.3) is 0 Å². The van der Waals surface area contributed by atoms with Crippen molar-refractivity contribution in [1.29, 1.82) is 0 Å². The number of hydrogen-bond donors (Lipinski definition) is 1. The highest BCUT2D eigenvalue weighted by Gasteiger charge is 2.06. The quantitative estimate of drug-likeness (QED) is 0.712. The lowest BCUT2D eigenvalue weighted by atomic mass is 10.1. The van der Waals surface area contributed by atoms with Crippen LogP contribution in [0.4, 0.5) is 0 Å². The summed E-state index contributed by atoms with van der Waals surface area (Å²) in [5, 5.41) is 3.47. The maximum absolute atomic E-state index is 5.32. The van der Waals surface area contributed by atoms with Crippen molar-refractivity contribution in [3.8, 4) is 12.3 Å². The predicted octanol–water partition coefficient (Wildman–Crippen LogP) is 2.18. The molecular formula is C13H21N3. The molecule has 3 nitrogen and oxygen atoms in total. The Hall–Kier alpha value is -1.27. The van der Waals surface area contributed by atoms with E-state index in [1.54, 1.807) is 0 Å². The monoisotopic (exact) mass is 219 g/mol. The van der Waals surface area contributed by atoms with Crippen molar-refractivity contribution in [2.45, 2.75) is 52.2 Å². The van der Waals surface area contributed by atoms with Gasteiger partial charge in [-0.1, -0.05) is 13.8 Å². The van der Waals surface area contributed by atoms with Gasteiger partial charge in [0.2, 0.25) is 0 Å². The Morgan fingerprint density at radius 1 is 1.56 bits per heavy atom. The summed E-state index contributed by atoms with van der Waals surface area (Å²) in [4.78, 5) is 4.17. The molecule has 0 spiro atoms. The van der Waals surface area contributed by atoms with E-state index < -0.39 is 0 Å². The molecule has 16 heavy (non-hydrogen) atoms. The summed E-state index contributed by atoms with van der Waals surface area (Å²) in [5.74, 6) is 2.70. The largest absolute Gasteiger partial charge is 0.333 e. The molecule has 0 fully saturated rings. The number of terminal acetylenes is 1. The van der Waals surface area contributed by atoms with Crippen LogP contribution in [-0.4, -0.2) is 15.6 Å². The van der Waals surface area contributed by atoms with Crippen molar-refractivity contribution in [1.82, 2.24) is 14.9 Å². The average Bonchev–Trinajstić information content (AvgIpc) is 2.72. The van der Waals surface area contributed by atoms with Gasteiger partial charge >= 0.3 is 0 Å². The highest BCUT2D eigenvalue weighted by atomic mass is 15.1. The first kappa shape index (κ1) is 12.8. The fourth-order valence-electron chi connectivity index (χ4n) is 1.69. The van der Waals surface area contributed by atoms with Crippen LogP contribution in [0.15, 0.2) is 12.5 Å². The van der Waals surface area contributed by atoms with Gasteiger partial charge in [-0.05, 0) is 12.8 Å². The minimum absolute atomic E-state index is 0.412. The van der Waals surface area contributed by atoms with E-state index >= 15 is 0 Å². The van der Waals surface area contributed by atoms with Crippen LogP contribution in [-0.2, 0) is 13.1 Å². The van der Waals surface area contributed by atoms with Crippen LogP contribution >= 0.6 is 0 Å². The number of nitrogens with one attached hydrogen (secondary N) is 1. The minimum Gasteiger partial charge on any atom is -0.333 e. The fourth-order valence-corrected chi connectivity index (χ4v) is 1.69. The second kappa shape index (κ2) is 7.08. The number of aromatic nitrogens is 2. The van der Waals surface area contributed by atoms with Crippen LogP contribution in [0, 0.1) is 12.3 Å². The van der Waals surface area contributed by atoms with Crippen molar-refractivity contribution in [2.75, 3.05) is 0 Å². The molecule has 1 heterocycles. The Kier molecular flexibility index (Phi) is 5.66. The molecule has 1 N–H and O–H groups in total. The Balaban J connectivity index is 2.46. The van der Waals surface area contributed by atoms with Crippen LogP contribution in [0.3, 0.4) is 0 Å². The SMILES string of the molecule is C#CCC(CC)NCc1cncn1CCC. The molecule has 0 aliphatic rings. The number of aryl methyl sites for hydroxylation is 1. The molecule has 3 heteroatoms. The summed E-state index contributed by atoms with van der Waals surface area (Å²) in [7, 11) is 0. The smallest absolute Gasteiger partial charge is 0.0948 e. The molecule has 88 valence electrons. The molecule has 1 rings (SSSR count). The van der Waals surface area contributed by atoms with E-state index in [0.717, 1.165) is 32.4 Å². The summed E-state index contributed by atoms with van der Waals surface area (Å²) in [6.45, 7) is 6.20. The van der Waals surface area contributed by atoms with E-state index in [2.05, 4.69) is 34.6 Å². The van der Waals surface area contributed by atoms with E-state index in [-0.39, 0.29) is 0 Å². The van der Waals surface area contributed by atoms with Crippen molar-refractivity contribution in [3.63, 3.8) is 0 Å². The molecule has 0 saturated heterocycles. The van der Waals surface area contributed by atoms with Gasteiger partial charge < -0.3 is 9.88 Å². The predicted molar refractivity (Wildman–Crippen MR) is 66.9 cm³/mol. The first-order valence-electron chi connectivity index (χ1n) is 5.97. The lowest BCUT2D eigenvalue weighted by Crippen LogP contribution is -2.28. The second-order valence-corrected chi connectivity index (χ2v) is 3.97. The summed E-state index contributed by atoms with van der Waals surface area (Å²) in [6.07, 6.45) is 12.1. The highest BCUT2D eigenvalue weighted by Crippen LogP contribution is 2.03. The standard InChI is InChI=1S/C13H21N3/c1-4-7-12(6-3)15-10-13-9-14-11-16(13)8-5-2/h1,9,11-12,15H,5-8,10H2,2-3H3. The van der Waals surface area contributed by atoms with Crippen molar-refractivity contribution in [3.05, 3.63) is 18.2 Å². The molecule has 1 unspecified atom stereocenters. The van der Waals surface area contributed by atoms with Crippen molar-refractivity contribution >= 4 is 0 Å². The van der Waals surface area contributed by atoms with Crippen LogP contribution < -0.4 is 5.32 Å². The Labute approximate surface area is 98.3 Å². The van der Waals surface area contributed by atoms with Gasteiger partial charge in [-0.3, -0.25) is 0 Å². The molecule has 0 bridgehead atoms. The van der Waals surface area contributed by atoms with Gasteiger partial charge in [0, 0.05) is 31.7 Å². The van der Waals surface area contributed by atoms with Gasteiger partial charge in [0.15, 0.2) is 0 Å². The van der Waals surface area contributed by atoms with Gasteiger partial charge in [0.05, 0.1) is 12.0 Å². The number of hydrogen-bond acceptors (Lipinski definition) is 2. The lowest BCUT2D eigenvalue weighted by Gasteiger charge is -2.14. The lowest BCUT2D eigenvalue weighted by molar-refractivity contribution is 0.490. The van der Waals surface area contributed by atoms with Crippen LogP contribution in [0.25, 0.3) is 0 Å². The first-order chi connectivity index (χ1) is 7.81. The van der Waals surface area contributed by atoms with E-state index in [4.69, 9.17) is 6.42 Å². The summed E-state index contributed by atoms with van der Waals surface area (Å²) >= 11 is 0. The van der Waals surface area contributed by atoms with E-state index in [0.29, 0.717) is 6.04 Å². The van der Waals surface area contributed by atoms with Crippen molar-refractivity contribution < 1.29 is 0 Å². The van der Waals surface area contributed by atoms with Crippen LogP contribution in [0.2, 0.25) is 0 Å². The molecule has 0 aliphatic carbocycles. The zero-order valence-corrected chi connectivity index (χ0v) is 10.2. The van der Waals surface area contributed by atoms with Gasteiger partial charge in [-0.15, -0.1) is 12.3 Å². The number of imidazole rings is 1. The summed E-state index contributed by atoms with van der Waals surface area (Å²) in [5.41, 5.74) is 1.23. The molecule has 0 radical (unpaired) electrons. The maximum Gasteiger partial charge on any atom is 0.0948 e. The third kappa shape index (κ3) is 3.71. The molecule has 1 atom stereocenters. The van der Waals surface area contributed by atoms with Gasteiger partial charge in [-0.2, -0.15) is 0 Å². The summed E-state index contributed by atoms with van der Waals surface area (Å²) in [6, 6.07) is 0.412. The Bertz CT molecular complexity index is 335. The molecule has 0 aromatic carbocycles. The molecule has 1 aromatic rings. The maximum atomic E-state index is 5.32. The average molecular weight is 219 g/mol. The zero-order chi connectivity index (χ0) is 11.8. The first-order valence-corrected chi connectivity index (χ1v) is 5.97. The molecule has 0 aliphatic heterocycles.